The van der Waals surface area contributed by atoms with E-state index in [-0.39, 0.29) is 17.9 Å². The van der Waals surface area contributed by atoms with Gasteiger partial charge >= 0.3 is 0 Å². The molecule has 3 rings (SSSR count). The van der Waals surface area contributed by atoms with Gasteiger partial charge in [-0.3, -0.25) is 14.5 Å². The first-order valence-corrected chi connectivity index (χ1v) is 10.6. The number of nitrogens with one attached hydrogen (secondary N) is 1. The topological polar surface area (TPSA) is 72.9 Å². The van der Waals surface area contributed by atoms with Crippen LogP contribution in [0.1, 0.15) is 29.3 Å². The van der Waals surface area contributed by atoms with Crippen molar-refractivity contribution in [2.45, 2.75) is 31.9 Å². The van der Waals surface area contributed by atoms with Crippen LogP contribution in [-0.4, -0.2) is 71.6 Å². The second-order valence-corrected chi connectivity index (χ2v) is 7.84. The summed E-state index contributed by atoms with van der Waals surface area (Å²) in [6.45, 7) is 5.41. The maximum absolute atomic E-state index is 12.7. The van der Waals surface area contributed by atoms with E-state index in [1.54, 1.807) is 19.1 Å². The summed E-state index contributed by atoms with van der Waals surface area (Å²) in [6, 6.07) is 18.6. The van der Waals surface area contributed by atoms with Crippen molar-refractivity contribution in [1.82, 2.24) is 15.1 Å². The zero-order valence-electron chi connectivity index (χ0n) is 17.5. The predicted octanol–water partition coefficient (Wildman–Crippen LogP) is 1.94. The molecule has 1 aliphatic heterocycles. The van der Waals surface area contributed by atoms with E-state index in [2.05, 4.69) is 10.2 Å². The quantitative estimate of drug-likeness (QED) is 0.699. The number of benzene rings is 2. The van der Waals surface area contributed by atoms with Crippen LogP contribution in [-0.2, 0) is 11.2 Å². The van der Waals surface area contributed by atoms with Gasteiger partial charge in [0, 0.05) is 45.2 Å². The summed E-state index contributed by atoms with van der Waals surface area (Å²) in [5, 5.41) is 14.0. The summed E-state index contributed by atoms with van der Waals surface area (Å²) in [5.41, 5.74) is 1.66. The number of nitrogens with zero attached hydrogens (tertiary/aromatic N) is 2. The summed E-state index contributed by atoms with van der Waals surface area (Å²) in [5.74, 6) is -0.0631. The first kappa shape index (κ1) is 22.0. The van der Waals surface area contributed by atoms with E-state index in [0.717, 1.165) is 38.3 Å². The van der Waals surface area contributed by atoms with Crippen LogP contribution in [0.2, 0.25) is 0 Å². The smallest absolute Gasteiger partial charge is 0.251 e. The second-order valence-electron chi connectivity index (χ2n) is 7.84. The fraction of sp³-hybridized carbons (Fsp3) is 0.417. The normalized spacial score (nSPS) is 16.7. The molecule has 0 aliphatic carbocycles. The van der Waals surface area contributed by atoms with Crippen molar-refractivity contribution in [1.29, 1.82) is 0 Å². The Morgan fingerprint density at radius 2 is 1.57 bits per heavy atom. The lowest BCUT2D eigenvalue weighted by atomic mass is 9.98. The SMILES string of the molecule is CC(=O)N1CCN(CC[C@H](O)[C@H](Cc2ccccc2)NC(=O)c2ccccc2)CC1. The van der Waals surface area contributed by atoms with Crippen LogP contribution in [0, 0.1) is 0 Å². The average molecular weight is 410 g/mol. The lowest BCUT2D eigenvalue weighted by Gasteiger charge is -2.35. The minimum Gasteiger partial charge on any atom is -0.391 e. The molecule has 2 atom stereocenters. The third-order valence-electron chi connectivity index (χ3n) is 5.67. The van der Waals surface area contributed by atoms with Crippen molar-refractivity contribution in [3.05, 3.63) is 71.8 Å². The third kappa shape index (κ3) is 6.40. The first-order chi connectivity index (χ1) is 14.5. The monoisotopic (exact) mass is 409 g/mol. The van der Waals surface area contributed by atoms with Gasteiger partial charge in [0.2, 0.25) is 5.91 Å². The average Bonchev–Trinajstić information content (AvgIpc) is 2.78. The van der Waals surface area contributed by atoms with Crippen LogP contribution in [0.3, 0.4) is 0 Å². The van der Waals surface area contributed by atoms with E-state index in [0.29, 0.717) is 18.4 Å². The largest absolute Gasteiger partial charge is 0.391 e. The van der Waals surface area contributed by atoms with Crippen LogP contribution in [0.15, 0.2) is 60.7 Å². The molecule has 30 heavy (non-hydrogen) atoms. The molecule has 1 heterocycles. The van der Waals surface area contributed by atoms with Gasteiger partial charge in [-0.15, -0.1) is 0 Å². The Bertz CT molecular complexity index is 805. The lowest BCUT2D eigenvalue weighted by Crippen LogP contribution is -2.50. The van der Waals surface area contributed by atoms with Gasteiger partial charge in [-0.25, -0.2) is 0 Å². The van der Waals surface area contributed by atoms with Gasteiger partial charge in [-0.05, 0) is 30.5 Å². The Labute approximate surface area is 178 Å². The second kappa shape index (κ2) is 10.9. The number of carbonyl (C=O) groups excluding carboxylic acids is 2. The highest BCUT2D eigenvalue weighted by molar-refractivity contribution is 5.94. The van der Waals surface area contributed by atoms with Crippen molar-refractivity contribution in [2.75, 3.05) is 32.7 Å². The van der Waals surface area contributed by atoms with E-state index in [4.69, 9.17) is 0 Å². The summed E-state index contributed by atoms with van der Waals surface area (Å²) < 4.78 is 0. The number of aliphatic hydroxyl groups excluding tert-OH is 1. The molecule has 0 unspecified atom stereocenters. The Hall–Kier alpha value is -2.70. The lowest BCUT2D eigenvalue weighted by molar-refractivity contribution is -0.130. The number of aliphatic hydroxyl groups is 1. The summed E-state index contributed by atoms with van der Waals surface area (Å²) in [7, 11) is 0. The molecule has 0 spiro atoms. The Morgan fingerprint density at radius 3 is 2.17 bits per heavy atom. The molecule has 0 radical (unpaired) electrons. The Morgan fingerprint density at radius 1 is 0.967 bits per heavy atom. The number of hydrogen-bond donors (Lipinski definition) is 2. The van der Waals surface area contributed by atoms with E-state index >= 15 is 0 Å². The molecular weight excluding hydrogens is 378 g/mol. The maximum atomic E-state index is 12.7. The summed E-state index contributed by atoms with van der Waals surface area (Å²) in [4.78, 5) is 28.3. The zero-order valence-corrected chi connectivity index (χ0v) is 17.5. The van der Waals surface area contributed by atoms with Crippen molar-refractivity contribution in [3.63, 3.8) is 0 Å². The summed E-state index contributed by atoms with van der Waals surface area (Å²) >= 11 is 0. The minimum atomic E-state index is -0.663. The minimum absolute atomic E-state index is 0.112. The molecule has 0 bridgehead atoms. The Balaban J connectivity index is 1.59. The molecule has 0 aromatic heterocycles. The van der Waals surface area contributed by atoms with Crippen LogP contribution in [0.5, 0.6) is 0 Å². The molecular formula is C24H31N3O3. The molecule has 1 saturated heterocycles. The van der Waals surface area contributed by atoms with E-state index < -0.39 is 6.10 Å². The highest BCUT2D eigenvalue weighted by Crippen LogP contribution is 2.12. The van der Waals surface area contributed by atoms with Crippen LogP contribution in [0.4, 0.5) is 0 Å². The van der Waals surface area contributed by atoms with Gasteiger partial charge in [-0.2, -0.15) is 0 Å². The molecule has 1 fully saturated rings. The fourth-order valence-corrected chi connectivity index (χ4v) is 3.79. The molecule has 2 aromatic carbocycles. The van der Waals surface area contributed by atoms with Crippen molar-refractivity contribution in [3.8, 4) is 0 Å². The van der Waals surface area contributed by atoms with E-state index in [1.165, 1.54) is 0 Å². The highest BCUT2D eigenvalue weighted by atomic mass is 16.3. The zero-order chi connectivity index (χ0) is 21.3. The number of hydrogen-bond acceptors (Lipinski definition) is 4. The highest BCUT2D eigenvalue weighted by Gasteiger charge is 2.24. The van der Waals surface area contributed by atoms with Gasteiger partial charge in [0.1, 0.15) is 0 Å². The molecule has 6 heteroatoms. The maximum Gasteiger partial charge on any atom is 0.251 e. The van der Waals surface area contributed by atoms with Gasteiger partial charge in [0.05, 0.1) is 12.1 Å². The molecule has 160 valence electrons. The van der Waals surface area contributed by atoms with Crippen molar-refractivity contribution in [2.24, 2.45) is 0 Å². The van der Waals surface area contributed by atoms with Crippen LogP contribution >= 0.6 is 0 Å². The molecule has 0 saturated carbocycles. The molecule has 2 aromatic rings. The van der Waals surface area contributed by atoms with Gasteiger partial charge in [-0.1, -0.05) is 48.5 Å². The van der Waals surface area contributed by atoms with E-state index in [9.17, 15) is 14.7 Å². The van der Waals surface area contributed by atoms with Crippen molar-refractivity contribution >= 4 is 11.8 Å². The third-order valence-corrected chi connectivity index (χ3v) is 5.67. The van der Waals surface area contributed by atoms with Crippen LogP contribution in [0.25, 0.3) is 0 Å². The summed E-state index contributed by atoms with van der Waals surface area (Å²) in [6.07, 6.45) is 0.467. The van der Waals surface area contributed by atoms with Crippen molar-refractivity contribution < 1.29 is 14.7 Å². The van der Waals surface area contributed by atoms with Crippen LogP contribution < -0.4 is 5.32 Å². The van der Waals surface area contributed by atoms with Gasteiger partial charge in [0.25, 0.3) is 5.91 Å². The van der Waals surface area contributed by atoms with Gasteiger partial charge in [0.15, 0.2) is 0 Å². The predicted molar refractivity (Wildman–Crippen MR) is 117 cm³/mol. The number of rotatable bonds is 8. The number of amides is 2. The number of piperazine rings is 1. The fourth-order valence-electron chi connectivity index (χ4n) is 3.79. The Kier molecular flexibility index (Phi) is 7.99. The van der Waals surface area contributed by atoms with E-state index in [1.807, 2.05) is 53.4 Å². The number of carbonyl (C=O) groups is 2. The molecule has 2 N–H and O–H groups in total. The molecule has 6 nitrogen and oxygen atoms in total. The van der Waals surface area contributed by atoms with Gasteiger partial charge < -0.3 is 15.3 Å². The first-order valence-electron chi connectivity index (χ1n) is 10.6. The molecule has 2 amide bonds. The molecule has 1 aliphatic rings. The standard InChI is InChI=1S/C24H31N3O3/c1-19(28)27-16-14-26(15-17-27)13-12-23(29)22(18-20-8-4-2-5-9-20)25-24(30)21-10-6-3-7-11-21/h2-11,22-23,29H,12-18H2,1H3,(H,25,30)/t22-,23-/m0/s1.